The summed E-state index contributed by atoms with van der Waals surface area (Å²) in [6.45, 7) is 1.75. The summed E-state index contributed by atoms with van der Waals surface area (Å²) >= 11 is 0. The molecule has 0 unspecified atom stereocenters. The maximum absolute atomic E-state index is 13.1. The standard InChI is InChI=1S/C20H17NO4/c1-12-20(19(23)25-21-12)16(13-8-10-15(24-2)11-9-13)17(20)18(22)14-6-4-3-5-7-14/h3-11,16-17H,1-2H3/t16-,17-,20-/m0/s1. The highest BCUT2D eigenvalue weighted by molar-refractivity contribution is 6.20. The van der Waals surface area contributed by atoms with E-state index < -0.39 is 17.3 Å². The summed E-state index contributed by atoms with van der Waals surface area (Å²) in [5, 5.41) is 3.86. The van der Waals surface area contributed by atoms with Gasteiger partial charge in [-0.25, -0.2) is 4.79 Å². The lowest BCUT2D eigenvalue weighted by atomic mass is 9.93. The number of rotatable bonds is 4. The number of nitrogens with zero attached hydrogens (tertiary/aromatic N) is 1. The van der Waals surface area contributed by atoms with Crippen LogP contribution in [0.25, 0.3) is 0 Å². The summed E-state index contributed by atoms with van der Waals surface area (Å²) < 4.78 is 5.19. The van der Waals surface area contributed by atoms with E-state index >= 15 is 0 Å². The smallest absolute Gasteiger partial charge is 0.348 e. The van der Waals surface area contributed by atoms with Crippen molar-refractivity contribution in [3.05, 3.63) is 65.7 Å². The van der Waals surface area contributed by atoms with Crippen LogP contribution in [0.1, 0.15) is 28.8 Å². The lowest BCUT2D eigenvalue weighted by molar-refractivity contribution is -0.145. The fourth-order valence-corrected chi connectivity index (χ4v) is 3.91. The van der Waals surface area contributed by atoms with E-state index in [-0.39, 0.29) is 11.7 Å². The van der Waals surface area contributed by atoms with Gasteiger partial charge in [-0.2, -0.15) is 0 Å². The molecule has 4 rings (SSSR count). The maximum atomic E-state index is 13.1. The average Bonchev–Trinajstić information content (AvgIpc) is 3.29. The molecule has 126 valence electrons. The first-order chi connectivity index (χ1) is 12.1. The maximum Gasteiger partial charge on any atom is 0.348 e. The lowest BCUT2D eigenvalue weighted by Gasteiger charge is -2.06. The van der Waals surface area contributed by atoms with Crippen molar-refractivity contribution >= 4 is 17.5 Å². The summed E-state index contributed by atoms with van der Waals surface area (Å²) in [5.41, 5.74) is 1.08. The second kappa shape index (κ2) is 5.55. The van der Waals surface area contributed by atoms with Crippen molar-refractivity contribution in [2.24, 2.45) is 16.5 Å². The van der Waals surface area contributed by atoms with Crippen molar-refractivity contribution in [2.75, 3.05) is 7.11 Å². The topological polar surface area (TPSA) is 65.0 Å². The number of carbonyl (C=O) groups excluding carboxylic acids is 2. The first-order valence-electron chi connectivity index (χ1n) is 8.10. The molecule has 25 heavy (non-hydrogen) atoms. The van der Waals surface area contributed by atoms with Gasteiger partial charge in [0.25, 0.3) is 0 Å². The molecule has 2 aromatic carbocycles. The van der Waals surface area contributed by atoms with E-state index in [1.54, 1.807) is 26.2 Å². The Balaban J connectivity index is 1.77. The van der Waals surface area contributed by atoms with Gasteiger partial charge in [0.2, 0.25) is 0 Å². The van der Waals surface area contributed by atoms with Gasteiger partial charge in [-0.05, 0) is 24.6 Å². The molecule has 0 aromatic heterocycles. The predicted octanol–water partition coefficient (Wildman–Crippen LogP) is 3.21. The van der Waals surface area contributed by atoms with Crippen molar-refractivity contribution in [1.29, 1.82) is 0 Å². The molecule has 5 heteroatoms. The second-order valence-corrected chi connectivity index (χ2v) is 6.38. The Morgan fingerprint density at radius 3 is 2.36 bits per heavy atom. The quantitative estimate of drug-likeness (QED) is 0.636. The molecule has 0 saturated heterocycles. The number of ketones is 1. The van der Waals surface area contributed by atoms with Crippen LogP contribution in [0.3, 0.4) is 0 Å². The van der Waals surface area contributed by atoms with Crippen LogP contribution in [0.2, 0.25) is 0 Å². The van der Waals surface area contributed by atoms with E-state index in [0.29, 0.717) is 11.3 Å². The van der Waals surface area contributed by atoms with Crippen molar-refractivity contribution < 1.29 is 19.2 Å². The van der Waals surface area contributed by atoms with Gasteiger partial charge in [0.1, 0.15) is 11.2 Å². The molecular formula is C20H17NO4. The first-order valence-corrected chi connectivity index (χ1v) is 8.10. The van der Waals surface area contributed by atoms with Crippen LogP contribution in [-0.4, -0.2) is 24.6 Å². The second-order valence-electron chi connectivity index (χ2n) is 6.38. The average molecular weight is 335 g/mol. The van der Waals surface area contributed by atoms with Gasteiger partial charge in [-0.3, -0.25) is 4.79 Å². The van der Waals surface area contributed by atoms with Crippen molar-refractivity contribution in [2.45, 2.75) is 12.8 Å². The third-order valence-electron chi connectivity index (χ3n) is 5.22. The highest BCUT2D eigenvalue weighted by atomic mass is 16.7. The third-order valence-corrected chi connectivity index (χ3v) is 5.22. The number of methoxy groups -OCH3 is 1. The number of benzene rings is 2. The summed E-state index contributed by atoms with van der Waals surface area (Å²) in [5.74, 6) is -0.550. The molecule has 2 aromatic rings. The van der Waals surface area contributed by atoms with E-state index in [0.717, 1.165) is 11.3 Å². The van der Waals surface area contributed by atoms with Crippen LogP contribution in [0.4, 0.5) is 0 Å². The van der Waals surface area contributed by atoms with Gasteiger partial charge in [0.15, 0.2) is 5.78 Å². The molecule has 0 N–H and O–H groups in total. The zero-order valence-electron chi connectivity index (χ0n) is 13.9. The summed E-state index contributed by atoms with van der Waals surface area (Å²) in [6, 6.07) is 16.5. The summed E-state index contributed by atoms with van der Waals surface area (Å²) in [7, 11) is 1.60. The minimum absolute atomic E-state index is 0.0604. The molecule has 0 bridgehead atoms. The predicted molar refractivity (Wildman–Crippen MR) is 91.6 cm³/mol. The number of Topliss-reactive ketones (excluding diaryl/α,β-unsaturated/α-hetero) is 1. The fourth-order valence-electron chi connectivity index (χ4n) is 3.91. The number of carbonyl (C=O) groups is 2. The highest BCUT2D eigenvalue weighted by Gasteiger charge is 2.77. The molecule has 2 aliphatic rings. The zero-order valence-corrected chi connectivity index (χ0v) is 13.9. The van der Waals surface area contributed by atoms with Crippen LogP contribution in [0, 0.1) is 11.3 Å². The highest BCUT2D eigenvalue weighted by Crippen LogP contribution is 2.68. The van der Waals surface area contributed by atoms with Gasteiger partial charge in [-0.1, -0.05) is 47.6 Å². The van der Waals surface area contributed by atoms with Crippen LogP contribution in [-0.2, 0) is 9.63 Å². The first kappa shape index (κ1) is 15.6. The van der Waals surface area contributed by atoms with Gasteiger partial charge in [0, 0.05) is 11.5 Å². The van der Waals surface area contributed by atoms with Crippen molar-refractivity contribution in [3.63, 3.8) is 0 Å². The molecular weight excluding hydrogens is 318 g/mol. The van der Waals surface area contributed by atoms with E-state index in [1.807, 2.05) is 42.5 Å². The monoisotopic (exact) mass is 335 g/mol. The largest absolute Gasteiger partial charge is 0.497 e. The Hall–Kier alpha value is -2.95. The van der Waals surface area contributed by atoms with E-state index in [1.165, 1.54) is 0 Å². The Morgan fingerprint density at radius 2 is 1.80 bits per heavy atom. The number of hydrogen-bond donors (Lipinski definition) is 0. The Labute approximate surface area is 145 Å². The molecule has 1 aliphatic carbocycles. The van der Waals surface area contributed by atoms with Gasteiger partial charge in [0.05, 0.1) is 18.7 Å². The normalized spacial score (nSPS) is 27.0. The minimum atomic E-state index is -0.985. The molecule has 0 radical (unpaired) electrons. The zero-order chi connectivity index (χ0) is 17.6. The summed E-state index contributed by atoms with van der Waals surface area (Å²) in [4.78, 5) is 30.5. The molecule has 1 aliphatic heterocycles. The van der Waals surface area contributed by atoms with Crippen LogP contribution in [0.15, 0.2) is 59.8 Å². The number of ether oxygens (including phenoxy) is 1. The fraction of sp³-hybridized carbons (Fsp3) is 0.250. The van der Waals surface area contributed by atoms with Gasteiger partial charge >= 0.3 is 5.97 Å². The summed E-state index contributed by atoms with van der Waals surface area (Å²) in [6.07, 6.45) is 0. The van der Waals surface area contributed by atoms with Gasteiger partial charge in [-0.15, -0.1) is 0 Å². The van der Waals surface area contributed by atoms with Gasteiger partial charge < -0.3 is 9.57 Å². The Morgan fingerprint density at radius 1 is 1.12 bits per heavy atom. The third kappa shape index (κ3) is 2.12. The van der Waals surface area contributed by atoms with Crippen LogP contribution in [0.5, 0.6) is 5.75 Å². The molecule has 1 heterocycles. The Kier molecular flexibility index (Phi) is 3.46. The van der Waals surface area contributed by atoms with E-state index in [2.05, 4.69) is 5.16 Å². The lowest BCUT2D eigenvalue weighted by Crippen LogP contribution is -2.24. The molecule has 3 atom stereocenters. The van der Waals surface area contributed by atoms with Crippen molar-refractivity contribution in [3.8, 4) is 5.75 Å². The van der Waals surface area contributed by atoms with Crippen LogP contribution < -0.4 is 4.74 Å². The molecule has 0 amide bonds. The minimum Gasteiger partial charge on any atom is -0.497 e. The molecule has 5 nitrogen and oxygen atoms in total. The van der Waals surface area contributed by atoms with Crippen LogP contribution >= 0.6 is 0 Å². The van der Waals surface area contributed by atoms with Crippen molar-refractivity contribution in [1.82, 2.24) is 0 Å². The SMILES string of the molecule is COc1ccc([C@H]2[C@@H](C(=O)c3ccccc3)[C@@]23C(=O)ON=C3C)cc1. The molecule has 1 spiro atoms. The molecule has 1 saturated carbocycles. The van der Waals surface area contributed by atoms with E-state index in [4.69, 9.17) is 9.57 Å². The number of hydrogen-bond acceptors (Lipinski definition) is 5. The number of oxime groups is 1. The molecule has 1 fully saturated rings. The van der Waals surface area contributed by atoms with E-state index in [9.17, 15) is 9.59 Å². The Bertz CT molecular complexity index is 872.